The largest absolute Gasteiger partial charge is 0.482 e. The maximum absolute atomic E-state index is 12.8. The number of anilines is 1. The second kappa shape index (κ2) is 6.41. The van der Waals surface area contributed by atoms with Crippen LogP contribution >= 0.6 is 0 Å². The third kappa shape index (κ3) is 2.91. The van der Waals surface area contributed by atoms with Gasteiger partial charge in [-0.25, -0.2) is 4.79 Å². The molecule has 0 aliphatic carbocycles. The minimum atomic E-state index is -0.309. The molecule has 0 saturated carbocycles. The average Bonchev–Trinajstić information content (AvgIpc) is 3.18. The van der Waals surface area contributed by atoms with Crippen LogP contribution < -0.4 is 10.1 Å². The summed E-state index contributed by atoms with van der Waals surface area (Å²) < 4.78 is 6.31. The minimum absolute atomic E-state index is 0.0756. The molecule has 2 aliphatic heterocycles. The minimum Gasteiger partial charge on any atom is -0.482 e. The predicted octanol–water partition coefficient (Wildman–Crippen LogP) is 4.34. The van der Waals surface area contributed by atoms with Crippen LogP contribution in [0.25, 0.3) is 17.0 Å². The van der Waals surface area contributed by atoms with Crippen LogP contribution in [0.4, 0.5) is 10.5 Å². The van der Waals surface area contributed by atoms with Gasteiger partial charge in [0.05, 0.1) is 11.7 Å². The molecule has 6 heteroatoms. The Morgan fingerprint density at radius 2 is 2.07 bits per heavy atom. The van der Waals surface area contributed by atoms with E-state index >= 15 is 0 Å². The van der Waals surface area contributed by atoms with E-state index < -0.39 is 0 Å². The highest BCUT2D eigenvalue weighted by atomic mass is 16.5. The van der Waals surface area contributed by atoms with E-state index in [1.807, 2.05) is 42.2 Å². The van der Waals surface area contributed by atoms with Crippen molar-refractivity contribution >= 4 is 28.7 Å². The number of para-hydroxylation sites is 1. The third-order valence-corrected chi connectivity index (χ3v) is 5.71. The number of hydrogen-bond donors (Lipinski definition) is 2. The van der Waals surface area contributed by atoms with E-state index in [4.69, 9.17) is 4.74 Å². The molecule has 2 N–H and O–H groups in total. The van der Waals surface area contributed by atoms with Gasteiger partial charge in [-0.2, -0.15) is 5.10 Å². The molecule has 3 aromatic rings. The van der Waals surface area contributed by atoms with Gasteiger partial charge in [-0.1, -0.05) is 24.3 Å². The first-order valence-corrected chi connectivity index (χ1v) is 9.59. The Hall–Kier alpha value is -3.28. The van der Waals surface area contributed by atoms with Crippen molar-refractivity contribution in [1.82, 2.24) is 15.1 Å². The molecule has 2 aliphatic rings. The summed E-state index contributed by atoms with van der Waals surface area (Å²) in [5, 5.41) is 11.1. The number of nitrogens with zero attached hydrogens (tertiary/aromatic N) is 2. The van der Waals surface area contributed by atoms with Gasteiger partial charge in [-0.05, 0) is 36.8 Å². The summed E-state index contributed by atoms with van der Waals surface area (Å²) in [4.78, 5) is 14.6. The zero-order valence-corrected chi connectivity index (χ0v) is 15.7. The third-order valence-electron chi connectivity index (χ3n) is 5.71. The molecule has 2 amide bonds. The molecule has 1 spiro atoms. The number of nitrogens with one attached hydrogen (secondary N) is 2. The van der Waals surface area contributed by atoms with E-state index in [1.165, 1.54) is 0 Å². The number of piperidine rings is 1. The van der Waals surface area contributed by atoms with Crippen molar-refractivity contribution in [3.8, 4) is 5.75 Å². The summed E-state index contributed by atoms with van der Waals surface area (Å²) in [6.45, 7) is 3.33. The Morgan fingerprint density at radius 3 is 2.93 bits per heavy atom. The highest BCUT2D eigenvalue weighted by Gasteiger charge is 2.37. The van der Waals surface area contributed by atoms with Crippen LogP contribution in [0, 0.1) is 6.92 Å². The van der Waals surface area contributed by atoms with Crippen molar-refractivity contribution in [3.05, 3.63) is 59.8 Å². The van der Waals surface area contributed by atoms with E-state index in [-0.39, 0.29) is 11.6 Å². The van der Waals surface area contributed by atoms with Gasteiger partial charge in [0.15, 0.2) is 0 Å². The van der Waals surface area contributed by atoms with E-state index in [2.05, 4.69) is 33.7 Å². The number of carbonyl (C=O) groups is 1. The Labute approximate surface area is 163 Å². The fraction of sp³-hybridized carbons (Fsp3) is 0.273. The molecular weight excluding hydrogens is 352 g/mol. The molecule has 2 aromatic carbocycles. The van der Waals surface area contributed by atoms with E-state index in [0.717, 1.165) is 46.3 Å². The lowest BCUT2D eigenvalue weighted by atomic mass is 9.88. The number of hydrogen-bond acceptors (Lipinski definition) is 3. The van der Waals surface area contributed by atoms with Gasteiger partial charge >= 0.3 is 6.03 Å². The molecule has 28 heavy (non-hydrogen) atoms. The van der Waals surface area contributed by atoms with Gasteiger partial charge in [0, 0.05) is 42.6 Å². The van der Waals surface area contributed by atoms with Gasteiger partial charge in [0.1, 0.15) is 11.4 Å². The maximum atomic E-state index is 12.8. The predicted molar refractivity (Wildman–Crippen MR) is 109 cm³/mol. The molecule has 1 fully saturated rings. The van der Waals surface area contributed by atoms with Crippen LogP contribution in [0.1, 0.15) is 24.0 Å². The molecule has 0 bridgehead atoms. The maximum Gasteiger partial charge on any atom is 0.321 e. The number of fused-ring (bicyclic) bond motifs is 2. The quantitative estimate of drug-likeness (QED) is 0.665. The Kier molecular flexibility index (Phi) is 3.86. The molecule has 0 unspecified atom stereocenters. The highest BCUT2D eigenvalue weighted by Crippen LogP contribution is 2.37. The molecule has 142 valence electrons. The van der Waals surface area contributed by atoms with Gasteiger partial charge in [-0.15, -0.1) is 0 Å². The number of H-pyrrole nitrogens is 1. The topological polar surface area (TPSA) is 70.2 Å². The molecule has 3 heterocycles. The number of urea groups is 1. The normalized spacial score (nSPS) is 17.4. The summed E-state index contributed by atoms with van der Waals surface area (Å²) in [6, 6.07) is 11.9. The number of aryl methyl sites for hydroxylation is 1. The number of ether oxygens (including phenoxy) is 1. The van der Waals surface area contributed by atoms with Gasteiger partial charge < -0.3 is 15.0 Å². The molecule has 0 atom stereocenters. The summed E-state index contributed by atoms with van der Waals surface area (Å²) in [6.07, 6.45) is 7.65. The van der Waals surface area contributed by atoms with Crippen molar-refractivity contribution in [2.75, 3.05) is 18.4 Å². The zero-order chi connectivity index (χ0) is 19.1. The molecule has 6 nitrogen and oxygen atoms in total. The molecule has 0 radical (unpaired) electrons. The standard InChI is InChI=1S/C22H22N4O2/c1-15-12-17(13-19-18(15)14-23-25-19)24-21(27)26-10-8-22(9-11-26)7-6-16-4-2-3-5-20(16)28-22/h2-7,12-14H,8-11H2,1H3,(H,23,25)(H,24,27). The van der Waals surface area contributed by atoms with Crippen LogP contribution in [0.15, 0.2) is 48.7 Å². The van der Waals surface area contributed by atoms with E-state index in [9.17, 15) is 4.79 Å². The Morgan fingerprint density at radius 1 is 1.25 bits per heavy atom. The first kappa shape index (κ1) is 16.9. The average molecular weight is 374 g/mol. The molecule has 5 rings (SSSR count). The van der Waals surface area contributed by atoms with Crippen LogP contribution in [0.3, 0.4) is 0 Å². The summed E-state index contributed by atoms with van der Waals surface area (Å²) in [5.74, 6) is 0.922. The number of aromatic nitrogens is 2. The number of carbonyl (C=O) groups excluding carboxylic acids is 1. The number of benzene rings is 2. The molecular formula is C22H22N4O2. The molecule has 1 saturated heterocycles. The first-order valence-electron chi connectivity index (χ1n) is 9.59. The number of likely N-dealkylation sites (tertiary alicyclic amines) is 1. The smallest absolute Gasteiger partial charge is 0.321 e. The van der Waals surface area contributed by atoms with Gasteiger partial charge in [-0.3, -0.25) is 5.10 Å². The fourth-order valence-electron chi connectivity index (χ4n) is 4.07. The second-order valence-corrected chi connectivity index (χ2v) is 7.58. The number of rotatable bonds is 1. The van der Waals surface area contributed by atoms with E-state index in [0.29, 0.717) is 13.1 Å². The lowest BCUT2D eigenvalue weighted by molar-refractivity contribution is 0.0519. The summed E-state index contributed by atoms with van der Waals surface area (Å²) >= 11 is 0. The summed E-state index contributed by atoms with van der Waals surface area (Å²) in [7, 11) is 0. The number of amides is 2. The van der Waals surface area contributed by atoms with Crippen LogP contribution in [-0.4, -0.2) is 39.8 Å². The van der Waals surface area contributed by atoms with E-state index in [1.54, 1.807) is 6.20 Å². The van der Waals surface area contributed by atoms with Crippen molar-refractivity contribution in [2.45, 2.75) is 25.4 Å². The van der Waals surface area contributed by atoms with Crippen molar-refractivity contribution in [1.29, 1.82) is 0 Å². The van der Waals surface area contributed by atoms with Crippen molar-refractivity contribution < 1.29 is 9.53 Å². The SMILES string of the molecule is Cc1cc(NC(=O)N2CCC3(C=Cc4ccccc4O3)CC2)cc2[nH]ncc12. The Bertz CT molecular complexity index is 1080. The highest BCUT2D eigenvalue weighted by molar-refractivity contribution is 5.93. The van der Waals surface area contributed by atoms with Crippen molar-refractivity contribution in [2.24, 2.45) is 0 Å². The zero-order valence-electron chi connectivity index (χ0n) is 15.7. The monoisotopic (exact) mass is 374 g/mol. The lowest BCUT2D eigenvalue weighted by Crippen LogP contribution is -2.50. The second-order valence-electron chi connectivity index (χ2n) is 7.58. The Balaban J connectivity index is 1.26. The van der Waals surface area contributed by atoms with Crippen LogP contribution in [0.2, 0.25) is 0 Å². The van der Waals surface area contributed by atoms with Crippen LogP contribution in [-0.2, 0) is 0 Å². The number of aromatic amines is 1. The van der Waals surface area contributed by atoms with Gasteiger partial charge in [0.25, 0.3) is 0 Å². The van der Waals surface area contributed by atoms with Crippen molar-refractivity contribution in [3.63, 3.8) is 0 Å². The molecule has 1 aromatic heterocycles. The lowest BCUT2D eigenvalue weighted by Gasteiger charge is -2.41. The fourth-order valence-corrected chi connectivity index (χ4v) is 4.07. The first-order chi connectivity index (χ1) is 13.6. The summed E-state index contributed by atoms with van der Waals surface area (Å²) in [5.41, 5.74) is 3.59. The van der Waals surface area contributed by atoms with Crippen LogP contribution in [0.5, 0.6) is 5.75 Å². The van der Waals surface area contributed by atoms with Gasteiger partial charge in [0.2, 0.25) is 0 Å².